The van der Waals surface area contributed by atoms with Crippen LogP contribution < -0.4 is 9.13 Å². The summed E-state index contributed by atoms with van der Waals surface area (Å²) in [4.78, 5) is 26.9. The zero-order chi connectivity index (χ0) is 13.9. The van der Waals surface area contributed by atoms with Crippen molar-refractivity contribution in [2.24, 2.45) is 7.05 Å². The Kier molecular flexibility index (Phi) is 4.06. The van der Waals surface area contributed by atoms with Gasteiger partial charge in [0.2, 0.25) is 0 Å². The van der Waals surface area contributed by atoms with Gasteiger partial charge in [0.05, 0.1) is 6.04 Å². The lowest BCUT2D eigenvalue weighted by Gasteiger charge is -2.06. The maximum atomic E-state index is 8.97. The molecular formula is C13H18N2O3Si+2. The number of aryl methyl sites for hydroxylation is 2. The standard InChI is InChI=1S/C13H18N2O3Si/c1-14-6-2-12(3-7-14)13-4-8-15(9-5-13)10-11-19(16,17)18/h2-9,16-18H,10-11H2,1H3/q+2. The first-order chi connectivity index (χ1) is 8.94. The molecule has 0 aromatic carbocycles. The van der Waals surface area contributed by atoms with E-state index in [9.17, 15) is 0 Å². The van der Waals surface area contributed by atoms with E-state index in [0.29, 0.717) is 6.54 Å². The van der Waals surface area contributed by atoms with Crippen LogP contribution in [0.4, 0.5) is 0 Å². The van der Waals surface area contributed by atoms with Gasteiger partial charge in [-0.2, -0.15) is 0 Å². The average Bonchev–Trinajstić information content (AvgIpc) is 2.37. The number of nitrogens with zero attached hydrogens (tertiary/aromatic N) is 2. The van der Waals surface area contributed by atoms with Crippen molar-refractivity contribution in [3.63, 3.8) is 0 Å². The van der Waals surface area contributed by atoms with Gasteiger partial charge in [0.1, 0.15) is 7.05 Å². The molecule has 0 spiro atoms. The Labute approximate surface area is 113 Å². The highest BCUT2D eigenvalue weighted by Crippen LogP contribution is 2.15. The van der Waals surface area contributed by atoms with E-state index in [1.54, 1.807) is 0 Å². The predicted molar refractivity (Wildman–Crippen MR) is 70.5 cm³/mol. The second-order valence-electron chi connectivity index (χ2n) is 4.60. The Morgan fingerprint density at radius 1 is 0.895 bits per heavy atom. The van der Waals surface area contributed by atoms with Gasteiger partial charge in [0.15, 0.2) is 31.3 Å². The molecule has 5 nitrogen and oxygen atoms in total. The first-order valence-corrected chi connectivity index (χ1v) is 8.11. The van der Waals surface area contributed by atoms with Gasteiger partial charge >= 0.3 is 8.80 Å². The fourth-order valence-electron chi connectivity index (χ4n) is 1.77. The summed E-state index contributed by atoms with van der Waals surface area (Å²) in [5.41, 5.74) is 2.22. The maximum Gasteiger partial charge on any atom is 0.499 e. The van der Waals surface area contributed by atoms with E-state index in [1.165, 1.54) is 0 Å². The molecule has 0 aliphatic heterocycles. The molecule has 2 aromatic rings. The zero-order valence-electron chi connectivity index (χ0n) is 10.8. The molecule has 2 aromatic heterocycles. The third-order valence-corrected chi connectivity index (χ3v) is 3.80. The fourth-order valence-corrected chi connectivity index (χ4v) is 2.33. The van der Waals surface area contributed by atoms with E-state index in [-0.39, 0.29) is 6.04 Å². The first-order valence-electron chi connectivity index (χ1n) is 6.06. The Morgan fingerprint density at radius 2 is 1.37 bits per heavy atom. The molecule has 19 heavy (non-hydrogen) atoms. The fraction of sp³-hybridized carbons (Fsp3) is 0.231. The van der Waals surface area contributed by atoms with Crippen LogP contribution >= 0.6 is 0 Å². The number of pyridine rings is 2. The highest BCUT2D eigenvalue weighted by molar-refractivity contribution is 6.56. The van der Waals surface area contributed by atoms with Crippen LogP contribution in [0.25, 0.3) is 11.1 Å². The van der Waals surface area contributed by atoms with Crippen molar-refractivity contribution in [1.82, 2.24) is 0 Å². The molecule has 2 rings (SSSR count). The molecule has 0 aliphatic rings. The molecule has 0 saturated heterocycles. The van der Waals surface area contributed by atoms with Crippen LogP contribution in [0.2, 0.25) is 6.04 Å². The molecule has 0 unspecified atom stereocenters. The molecule has 0 amide bonds. The molecule has 0 bridgehead atoms. The lowest BCUT2D eigenvalue weighted by Crippen LogP contribution is -2.42. The second kappa shape index (κ2) is 5.58. The van der Waals surface area contributed by atoms with Crippen molar-refractivity contribution in [1.29, 1.82) is 0 Å². The van der Waals surface area contributed by atoms with Crippen molar-refractivity contribution in [3.05, 3.63) is 49.1 Å². The molecule has 2 heterocycles. The van der Waals surface area contributed by atoms with Gasteiger partial charge in [-0.3, -0.25) is 0 Å². The van der Waals surface area contributed by atoms with Gasteiger partial charge in [-0.05, 0) is 11.1 Å². The number of hydrogen-bond acceptors (Lipinski definition) is 3. The quantitative estimate of drug-likeness (QED) is 0.516. The van der Waals surface area contributed by atoms with Crippen LogP contribution in [0.3, 0.4) is 0 Å². The summed E-state index contributed by atoms with van der Waals surface area (Å²) in [7, 11) is -1.98. The van der Waals surface area contributed by atoms with Gasteiger partial charge in [-0.15, -0.1) is 0 Å². The summed E-state index contributed by atoms with van der Waals surface area (Å²) in [5.74, 6) is 0. The van der Waals surface area contributed by atoms with E-state index >= 15 is 0 Å². The molecule has 0 radical (unpaired) electrons. The van der Waals surface area contributed by atoms with E-state index in [4.69, 9.17) is 14.4 Å². The van der Waals surface area contributed by atoms with Gasteiger partial charge in [-0.25, -0.2) is 9.13 Å². The summed E-state index contributed by atoms with van der Waals surface area (Å²) in [6, 6.07) is 7.99. The lowest BCUT2D eigenvalue weighted by molar-refractivity contribution is -0.693. The summed E-state index contributed by atoms with van der Waals surface area (Å²) in [5, 5.41) is 0. The van der Waals surface area contributed by atoms with Crippen LogP contribution in [-0.4, -0.2) is 23.2 Å². The van der Waals surface area contributed by atoms with Crippen molar-refractivity contribution in [3.8, 4) is 11.1 Å². The number of hydrogen-bond donors (Lipinski definition) is 3. The molecule has 100 valence electrons. The minimum atomic E-state index is -3.95. The normalized spacial score (nSPS) is 11.6. The second-order valence-corrected chi connectivity index (χ2v) is 6.65. The summed E-state index contributed by atoms with van der Waals surface area (Å²) in [6.45, 7) is 0.389. The average molecular weight is 278 g/mol. The van der Waals surface area contributed by atoms with Gasteiger partial charge in [-0.1, -0.05) is 0 Å². The van der Waals surface area contributed by atoms with E-state index in [2.05, 4.69) is 0 Å². The number of aromatic nitrogens is 2. The minimum Gasteiger partial charge on any atom is -0.390 e. The van der Waals surface area contributed by atoms with Crippen LogP contribution in [0.5, 0.6) is 0 Å². The summed E-state index contributed by atoms with van der Waals surface area (Å²) in [6.07, 6.45) is 7.70. The van der Waals surface area contributed by atoms with Crippen molar-refractivity contribution in [2.45, 2.75) is 12.6 Å². The minimum absolute atomic E-state index is 0.00180. The lowest BCUT2D eigenvalue weighted by atomic mass is 10.1. The Hall–Kier alpha value is -1.60. The molecule has 0 atom stereocenters. The van der Waals surface area contributed by atoms with Crippen LogP contribution in [0.1, 0.15) is 0 Å². The van der Waals surface area contributed by atoms with E-state index < -0.39 is 8.80 Å². The van der Waals surface area contributed by atoms with Crippen LogP contribution in [0.15, 0.2) is 49.1 Å². The monoisotopic (exact) mass is 278 g/mol. The highest BCUT2D eigenvalue weighted by atomic mass is 28.4. The Bertz CT molecular complexity index is 535. The van der Waals surface area contributed by atoms with Gasteiger partial charge in [0, 0.05) is 24.3 Å². The van der Waals surface area contributed by atoms with Gasteiger partial charge < -0.3 is 14.4 Å². The maximum absolute atomic E-state index is 8.97. The molecule has 6 heteroatoms. The Balaban J connectivity index is 2.08. The predicted octanol–water partition coefficient (Wildman–Crippen LogP) is -0.619. The van der Waals surface area contributed by atoms with Crippen molar-refractivity contribution in [2.75, 3.05) is 0 Å². The molecule has 0 aliphatic carbocycles. The SMILES string of the molecule is C[n+]1ccc(-c2cc[n+](CC[Si](O)(O)O)cc2)cc1. The third-order valence-electron chi connectivity index (χ3n) is 2.91. The zero-order valence-corrected chi connectivity index (χ0v) is 11.8. The highest BCUT2D eigenvalue weighted by Gasteiger charge is 2.28. The number of rotatable bonds is 4. The molecule has 3 N–H and O–H groups in total. The summed E-state index contributed by atoms with van der Waals surface area (Å²) < 4.78 is 3.79. The van der Waals surface area contributed by atoms with Crippen LogP contribution in [0, 0.1) is 0 Å². The third kappa shape index (κ3) is 4.21. The molecule has 0 fully saturated rings. The van der Waals surface area contributed by atoms with Crippen molar-refractivity contribution < 1.29 is 23.5 Å². The van der Waals surface area contributed by atoms with Crippen LogP contribution in [-0.2, 0) is 13.6 Å². The Morgan fingerprint density at radius 3 is 1.84 bits per heavy atom. The first kappa shape index (κ1) is 13.8. The van der Waals surface area contributed by atoms with E-state index in [1.807, 2.05) is 65.2 Å². The largest absolute Gasteiger partial charge is 0.499 e. The summed E-state index contributed by atoms with van der Waals surface area (Å²) >= 11 is 0. The topological polar surface area (TPSA) is 68.5 Å². The molecule has 0 saturated carbocycles. The molecular weight excluding hydrogens is 260 g/mol. The van der Waals surface area contributed by atoms with Crippen molar-refractivity contribution >= 4 is 8.80 Å². The van der Waals surface area contributed by atoms with E-state index in [0.717, 1.165) is 11.1 Å². The van der Waals surface area contributed by atoms with Gasteiger partial charge in [0.25, 0.3) is 0 Å². The smallest absolute Gasteiger partial charge is 0.390 e.